The smallest absolute Gasteiger partial charge is 0.265 e. The van der Waals surface area contributed by atoms with Crippen molar-refractivity contribution in [2.24, 2.45) is 0 Å². The quantitative estimate of drug-likeness (QED) is 0.810. The molecule has 0 bridgehead atoms. The zero-order chi connectivity index (χ0) is 14.8. The number of halogens is 2. The highest BCUT2D eigenvalue weighted by Gasteiger charge is 2.17. The van der Waals surface area contributed by atoms with Crippen LogP contribution in [0.1, 0.15) is 39.4 Å². The number of hydrogen-bond donors (Lipinski definition) is 1. The van der Waals surface area contributed by atoms with Crippen molar-refractivity contribution >= 4 is 22.9 Å². The van der Waals surface area contributed by atoms with Gasteiger partial charge in [-0.05, 0) is 49.4 Å². The SMILES string of the molecule is O=C(Nc1ccc(F)cc1F)c1cc2c(s1)CCCCC2. The van der Waals surface area contributed by atoms with Gasteiger partial charge in [-0.15, -0.1) is 11.3 Å². The Morgan fingerprint density at radius 1 is 1.10 bits per heavy atom. The van der Waals surface area contributed by atoms with E-state index in [2.05, 4.69) is 5.32 Å². The minimum atomic E-state index is -0.763. The molecule has 1 aromatic heterocycles. The van der Waals surface area contributed by atoms with Crippen LogP contribution in [0.15, 0.2) is 24.3 Å². The summed E-state index contributed by atoms with van der Waals surface area (Å²) in [6.07, 6.45) is 5.55. The minimum absolute atomic E-state index is 0.00462. The van der Waals surface area contributed by atoms with E-state index in [-0.39, 0.29) is 11.6 Å². The van der Waals surface area contributed by atoms with Crippen molar-refractivity contribution in [3.05, 3.63) is 51.2 Å². The zero-order valence-electron chi connectivity index (χ0n) is 11.4. The van der Waals surface area contributed by atoms with Gasteiger partial charge >= 0.3 is 0 Å². The van der Waals surface area contributed by atoms with Crippen LogP contribution in [0.5, 0.6) is 0 Å². The number of benzene rings is 1. The average molecular weight is 307 g/mol. The summed E-state index contributed by atoms with van der Waals surface area (Å²) in [6.45, 7) is 0. The minimum Gasteiger partial charge on any atom is -0.319 e. The van der Waals surface area contributed by atoms with Crippen molar-refractivity contribution in [2.75, 3.05) is 5.32 Å². The van der Waals surface area contributed by atoms with Crippen molar-refractivity contribution in [2.45, 2.75) is 32.1 Å². The van der Waals surface area contributed by atoms with Gasteiger partial charge in [0.2, 0.25) is 0 Å². The molecule has 21 heavy (non-hydrogen) atoms. The van der Waals surface area contributed by atoms with E-state index in [0.29, 0.717) is 4.88 Å². The fourth-order valence-electron chi connectivity index (χ4n) is 2.55. The molecule has 1 amide bonds. The second kappa shape index (κ2) is 5.93. The molecule has 110 valence electrons. The molecule has 1 heterocycles. The molecule has 0 radical (unpaired) electrons. The lowest BCUT2D eigenvalue weighted by Crippen LogP contribution is -2.11. The lowest BCUT2D eigenvalue weighted by atomic mass is 10.1. The first kappa shape index (κ1) is 14.2. The molecule has 0 unspecified atom stereocenters. The van der Waals surface area contributed by atoms with Gasteiger partial charge in [0.15, 0.2) is 0 Å². The van der Waals surface area contributed by atoms with E-state index in [1.165, 1.54) is 34.3 Å². The van der Waals surface area contributed by atoms with Crippen LogP contribution in [0.4, 0.5) is 14.5 Å². The van der Waals surface area contributed by atoms with Gasteiger partial charge < -0.3 is 5.32 Å². The number of rotatable bonds is 2. The van der Waals surface area contributed by atoms with Crippen molar-refractivity contribution in [1.29, 1.82) is 0 Å². The maximum atomic E-state index is 13.6. The van der Waals surface area contributed by atoms with E-state index >= 15 is 0 Å². The third kappa shape index (κ3) is 3.13. The van der Waals surface area contributed by atoms with Crippen LogP contribution >= 0.6 is 11.3 Å². The molecule has 0 aliphatic heterocycles. The van der Waals surface area contributed by atoms with E-state index in [0.717, 1.165) is 37.8 Å². The van der Waals surface area contributed by atoms with Gasteiger partial charge in [0.25, 0.3) is 5.91 Å². The highest BCUT2D eigenvalue weighted by molar-refractivity contribution is 7.14. The fourth-order valence-corrected chi connectivity index (χ4v) is 3.70. The Morgan fingerprint density at radius 3 is 2.71 bits per heavy atom. The molecule has 1 N–H and O–H groups in total. The largest absolute Gasteiger partial charge is 0.319 e. The summed E-state index contributed by atoms with van der Waals surface area (Å²) in [6, 6.07) is 5.03. The maximum Gasteiger partial charge on any atom is 0.265 e. The molecular formula is C16H15F2NOS. The molecule has 0 saturated carbocycles. The third-order valence-electron chi connectivity index (χ3n) is 3.65. The van der Waals surface area contributed by atoms with Crippen molar-refractivity contribution in [3.8, 4) is 0 Å². The Labute approximate surface area is 125 Å². The number of aryl methyl sites for hydroxylation is 2. The first-order valence-electron chi connectivity index (χ1n) is 7.01. The van der Waals surface area contributed by atoms with Crippen LogP contribution in [0.3, 0.4) is 0 Å². The Bertz CT molecular complexity index is 657. The molecule has 2 nitrogen and oxygen atoms in total. The topological polar surface area (TPSA) is 29.1 Å². The lowest BCUT2D eigenvalue weighted by Gasteiger charge is -2.04. The molecule has 0 saturated heterocycles. The first-order valence-corrected chi connectivity index (χ1v) is 7.83. The molecule has 1 aromatic carbocycles. The Balaban J connectivity index is 1.79. The molecule has 0 spiro atoms. The van der Waals surface area contributed by atoms with Crippen LogP contribution in [0.25, 0.3) is 0 Å². The fraction of sp³-hybridized carbons (Fsp3) is 0.312. The summed E-state index contributed by atoms with van der Waals surface area (Å²) >= 11 is 1.48. The van der Waals surface area contributed by atoms with Gasteiger partial charge in [-0.2, -0.15) is 0 Å². The Morgan fingerprint density at radius 2 is 1.90 bits per heavy atom. The van der Waals surface area contributed by atoms with Crippen LogP contribution < -0.4 is 5.32 Å². The number of amides is 1. The number of thiophene rings is 1. The Kier molecular flexibility index (Phi) is 4.01. The van der Waals surface area contributed by atoms with E-state index in [9.17, 15) is 13.6 Å². The molecule has 1 aliphatic rings. The zero-order valence-corrected chi connectivity index (χ0v) is 12.2. The predicted octanol–water partition coefficient (Wildman–Crippen LogP) is 4.55. The summed E-state index contributed by atoms with van der Waals surface area (Å²) < 4.78 is 26.4. The number of carbonyl (C=O) groups is 1. The third-order valence-corrected chi connectivity index (χ3v) is 4.89. The lowest BCUT2D eigenvalue weighted by molar-refractivity contribution is 0.103. The van der Waals surface area contributed by atoms with E-state index < -0.39 is 11.6 Å². The van der Waals surface area contributed by atoms with E-state index in [4.69, 9.17) is 0 Å². The summed E-state index contributed by atoms with van der Waals surface area (Å²) in [5, 5.41) is 2.51. The van der Waals surface area contributed by atoms with Gasteiger partial charge in [-0.3, -0.25) is 4.79 Å². The average Bonchev–Trinajstić information content (AvgIpc) is 2.73. The monoisotopic (exact) mass is 307 g/mol. The standard InChI is InChI=1S/C16H15F2NOS/c17-11-6-7-13(12(18)9-11)19-16(20)15-8-10-4-2-1-3-5-14(10)21-15/h6-9H,1-5H2,(H,19,20). The van der Waals surface area contributed by atoms with Gasteiger partial charge in [0.1, 0.15) is 11.6 Å². The summed E-state index contributed by atoms with van der Waals surface area (Å²) in [4.78, 5) is 14.0. The maximum absolute atomic E-state index is 13.6. The molecule has 3 rings (SSSR count). The number of hydrogen-bond acceptors (Lipinski definition) is 2. The highest BCUT2D eigenvalue weighted by atomic mass is 32.1. The summed E-state index contributed by atoms with van der Waals surface area (Å²) in [7, 11) is 0. The van der Waals surface area contributed by atoms with Gasteiger partial charge in [-0.1, -0.05) is 6.42 Å². The first-order chi connectivity index (χ1) is 10.1. The highest BCUT2D eigenvalue weighted by Crippen LogP contribution is 2.29. The van der Waals surface area contributed by atoms with Crippen molar-refractivity contribution < 1.29 is 13.6 Å². The van der Waals surface area contributed by atoms with Gasteiger partial charge in [-0.25, -0.2) is 8.78 Å². The second-order valence-corrected chi connectivity index (χ2v) is 6.33. The Hall–Kier alpha value is -1.75. The van der Waals surface area contributed by atoms with Crippen LogP contribution in [-0.2, 0) is 12.8 Å². The molecule has 0 fully saturated rings. The van der Waals surface area contributed by atoms with Gasteiger partial charge in [0.05, 0.1) is 10.6 Å². The summed E-state index contributed by atoms with van der Waals surface area (Å²) in [5.74, 6) is -1.76. The molecule has 5 heteroatoms. The second-order valence-electron chi connectivity index (χ2n) is 5.20. The number of carbonyl (C=O) groups excluding carboxylic acids is 1. The van der Waals surface area contributed by atoms with Crippen LogP contribution in [-0.4, -0.2) is 5.91 Å². The molecular weight excluding hydrogens is 292 g/mol. The van der Waals surface area contributed by atoms with E-state index in [1.807, 2.05) is 6.07 Å². The van der Waals surface area contributed by atoms with Gasteiger partial charge in [0, 0.05) is 10.9 Å². The van der Waals surface area contributed by atoms with Crippen LogP contribution in [0.2, 0.25) is 0 Å². The summed E-state index contributed by atoms with van der Waals surface area (Å²) in [5.41, 5.74) is 1.24. The molecule has 0 atom stereocenters. The van der Waals surface area contributed by atoms with Crippen molar-refractivity contribution in [3.63, 3.8) is 0 Å². The normalized spacial score (nSPS) is 14.4. The van der Waals surface area contributed by atoms with Crippen molar-refractivity contribution in [1.82, 2.24) is 0 Å². The molecule has 1 aliphatic carbocycles. The number of nitrogens with one attached hydrogen (secondary N) is 1. The van der Waals surface area contributed by atoms with E-state index in [1.54, 1.807) is 0 Å². The number of fused-ring (bicyclic) bond motifs is 1. The molecule has 2 aromatic rings. The van der Waals surface area contributed by atoms with Crippen LogP contribution in [0, 0.1) is 11.6 Å². The number of anilines is 1. The predicted molar refractivity (Wildman–Crippen MR) is 79.9 cm³/mol.